The van der Waals surface area contributed by atoms with Gasteiger partial charge in [-0.3, -0.25) is 4.79 Å². The zero-order valence-corrected chi connectivity index (χ0v) is 11.6. The number of carbonyl (C=O) groups is 1. The van der Waals surface area contributed by atoms with Crippen LogP contribution in [0.1, 0.15) is 46.7 Å². The van der Waals surface area contributed by atoms with E-state index in [1.54, 1.807) is 6.07 Å². The molecule has 1 heterocycles. The number of hydrogen-bond donors (Lipinski definition) is 2. The predicted octanol–water partition coefficient (Wildman–Crippen LogP) is 3.26. The van der Waals surface area contributed by atoms with Crippen LogP contribution in [0.15, 0.2) is 17.7 Å². The summed E-state index contributed by atoms with van der Waals surface area (Å²) in [5.41, 5.74) is 7.94. The normalized spacial score (nSPS) is 15.3. The molecule has 0 radical (unpaired) electrons. The summed E-state index contributed by atoms with van der Waals surface area (Å²) in [6, 6.07) is 1.76. The zero-order chi connectivity index (χ0) is 13.0. The largest absolute Gasteiger partial charge is 0.398 e. The summed E-state index contributed by atoms with van der Waals surface area (Å²) in [4.78, 5) is 13.6. The highest BCUT2D eigenvalue weighted by Crippen LogP contribution is 2.23. The lowest BCUT2D eigenvalue weighted by molar-refractivity contribution is 0.0958. The number of aryl methyl sites for hydroxylation is 1. The maximum atomic E-state index is 11.9. The van der Waals surface area contributed by atoms with Gasteiger partial charge in [0.15, 0.2) is 0 Å². The van der Waals surface area contributed by atoms with Gasteiger partial charge in [0.25, 0.3) is 5.91 Å². The Morgan fingerprint density at radius 2 is 2.33 bits per heavy atom. The van der Waals surface area contributed by atoms with Crippen molar-refractivity contribution in [3.8, 4) is 0 Å². The van der Waals surface area contributed by atoms with E-state index in [4.69, 9.17) is 5.73 Å². The van der Waals surface area contributed by atoms with Crippen molar-refractivity contribution in [1.29, 1.82) is 0 Å². The van der Waals surface area contributed by atoms with Crippen LogP contribution in [-0.2, 0) is 0 Å². The number of anilines is 1. The molecule has 18 heavy (non-hydrogen) atoms. The van der Waals surface area contributed by atoms with Crippen LogP contribution >= 0.6 is 11.3 Å². The van der Waals surface area contributed by atoms with Crippen LogP contribution in [0.25, 0.3) is 0 Å². The summed E-state index contributed by atoms with van der Waals surface area (Å²) in [5.74, 6) is -0.00351. The molecular formula is C14H20N2OS. The molecule has 1 aromatic heterocycles. The first-order valence-corrected chi connectivity index (χ1v) is 7.30. The predicted molar refractivity (Wildman–Crippen MR) is 77.0 cm³/mol. The standard InChI is InChI=1S/C14H20N2OS/c1-10-12(15)9-13(18-10)14(17)16-8-7-11-5-3-2-4-6-11/h5,9H,2-4,6-8,15H2,1H3,(H,16,17). The molecule has 1 aliphatic rings. The number of allylic oxidation sites excluding steroid dienone is 1. The van der Waals surface area contributed by atoms with Crippen LogP contribution in [0.2, 0.25) is 0 Å². The SMILES string of the molecule is Cc1sc(C(=O)NCCC2=CCCCC2)cc1N. The van der Waals surface area contributed by atoms with Gasteiger partial charge in [-0.25, -0.2) is 0 Å². The molecule has 2 rings (SSSR count). The molecule has 1 aromatic rings. The number of carbonyl (C=O) groups excluding carboxylic acids is 1. The molecule has 0 atom stereocenters. The summed E-state index contributed by atoms with van der Waals surface area (Å²) in [7, 11) is 0. The van der Waals surface area contributed by atoms with E-state index in [0.29, 0.717) is 10.6 Å². The number of thiophene rings is 1. The van der Waals surface area contributed by atoms with Gasteiger partial charge >= 0.3 is 0 Å². The summed E-state index contributed by atoms with van der Waals surface area (Å²) < 4.78 is 0. The van der Waals surface area contributed by atoms with Gasteiger partial charge in [-0.2, -0.15) is 0 Å². The highest BCUT2D eigenvalue weighted by Gasteiger charge is 2.10. The molecule has 0 spiro atoms. The molecule has 0 bridgehead atoms. The smallest absolute Gasteiger partial charge is 0.261 e. The van der Waals surface area contributed by atoms with Crippen molar-refractivity contribution in [2.24, 2.45) is 0 Å². The molecule has 4 heteroatoms. The molecule has 3 nitrogen and oxygen atoms in total. The van der Waals surface area contributed by atoms with Gasteiger partial charge < -0.3 is 11.1 Å². The monoisotopic (exact) mass is 264 g/mol. The molecule has 0 aliphatic heterocycles. The Hall–Kier alpha value is -1.29. The third-order valence-corrected chi connectivity index (χ3v) is 4.36. The second-order valence-electron chi connectivity index (χ2n) is 4.74. The lowest BCUT2D eigenvalue weighted by Crippen LogP contribution is -2.24. The average molecular weight is 264 g/mol. The minimum atomic E-state index is -0.00351. The first-order chi connectivity index (χ1) is 8.66. The van der Waals surface area contributed by atoms with Gasteiger partial charge in [0.1, 0.15) is 0 Å². The Kier molecular flexibility index (Phi) is 4.42. The Morgan fingerprint density at radius 1 is 1.50 bits per heavy atom. The van der Waals surface area contributed by atoms with Gasteiger partial charge in [0.05, 0.1) is 4.88 Å². The van der Waals surface area contributed by atoms with E-state index >= 15 is 0 Å². The lowest BCUT2D eigenvalue weighted by Gasteiger charge is -2.12. The number of nitrogen functional groups attached to an aromatic ring is 1. The summed E-state index contributed by atoms with van der Waals surface area (Å²) >= 11 is 1.46. The molecule has 1 aliphatic carbocycles. The fourth-order valence-electron chi connectivity index (χ4n) is 2.16. The van der Waals surface area contributed by atoms with Crippen molar-refractivity contribution in [2.75, 3.05) is 12.3 Å². The van der Waals surface area contributed by atoms with E-state index in [1.165, 1.54) is 42.6 Å². The van der Waals surface area contributed by atoms with Crippen LogP contribution < -0.4 is 11.1 Å². The second-order valence-corrected chi connectivity index (χ2v) is 5.99. The molecule has 0 aromatic carbocycles. The number of amides is 1. The molecule has 0 unspecified atom stereocenters. The average Bonchev–Trinajstić information content (AvgIpc) is 2.71. The van der Waals surface area contributed by atoms with Crippen molar-refractivity contribution >= 4 is 22.9 Å². The molecule has 3 N–H and O–H groups in total. The highest BCUT2D eigenvalue weighted by molar-refractivity contribution is 7.14. The van der Waals surface area contributed by atoms with Crippen molar-refractivity contribution in [1.82, 2.24) is 5.32 Å². The fourth-order valence-corrected chi connectivity index (χ4v) is 3.02. The van der Waals surface area contributed by atoms with Crippen molar-refractivity contribution < 1.29 is 4.79 Å². The van der Waals surface area contributed by atoms with E-state index in [-0.39, 0.29) is 5.91 Å². The van der Waals surface area contributed by atoms with Gasteiger partial charge in [0, 0.05) is 17.1 Å². The van der Waals surface area contributed by atoms with Crippen LogP contribution in [-0.4, -0.2) is 12.5 Å². The summed E-state index contributed by atoms with van der Waals surface area (Å²) in [6.45, 7) is 2.66. The van der Waals surface area contributed by atoms with E-state index in [9.17, 15) is 4.79 Å². The van der Waals surface area contributed by atoms with E-state index in [2.05, 4.69) is 11.4 Å². The fraction of sp³-hybridized carbons (Fsp3) is 0.500. The van der Waals surface area contributed by atoms with Gasteiger partial charge in [0.2, 0.25) is 0 Å². The van der Waals surface area contributed by atoms with Gasteiger partial charge in [-0.15, -0.1) is 11.3 Å². The molecule has 0 saturated heterocycles. The number of nitrogens with one attached hydrogen (secondary N) is 1. The Bertz CT molecular complexity index is 443. The summed E-state index contributed by atoms with van der Waals surface area (Å²) in [5, 5.41) is 2.96. The minimum absolute atomic E-state index is 0.00351. The van der Waals surface area contributed by atoms with Gasteiger partial charge in [-0.05, 0) is 45.1 Å². The van der Waals surface area contributed by atoms with Crippen molar-refractivity contribution in [2.45, 2.75) is 39.0 Å². The van der Waals surface area contributed by atoms with Crippen LogP contribution in [0.5, 0.6) is 0 Å². The lowest BCUT2D eigenvalue weighted by atomic mass is 9.97. The highest BCUT2D eigenvalue weighted by atomic mass is 32.1. The van der Waals surface area contributed by atoms with Crippen LogP contribution in [0.4, 0.5) is 5.69 Å². The molecule has 1 amide bonds. The van der Waals surface area contributed by atoms with Crippen molar-refractivity contribution in [3.05, 3.63) is 27.5 Å². The number of nitrogens with two attached hydrogens (primary N) is 1. The Labute approximate surface area is 112 Å². The first kappa shape index (κ1) is 13.1. The molecular weight excluding hydrogens is 244 g/mol. The topological polar surface area (TPSA) is 55.1 Å². The third kappa shape index (κ3) is 3.35. The third-order valence-electron chi connectivity index (χ3n) is 3.30. The molecule has 98 valence electrons. The minimum Gasteiger partial charge on any atom is -0.398 e. The number of rotatable bonds is 4. The first-order valence-electron chi connectivity index (χ1n) is 6.49. The van der Waals surface area contributed by atoms with Crippen LogP contribution in [0.3, 0.4) is 0 Å². The van der Waals surface area contributed by atoms with E-state index in [0.717, 1.165) is 17.8 Å². The maximum absolute atomic E-state index is 11.9. The van der Waals surface area contributed by atoms with E-state index in [1.807, 2.05) is 6.92 Å². The molecule has 0 fully saturated rings. The zero-order valence-electron chi connectivity index (χ0n) is 10.8. The summed E-state index contributed by atoms with van der Waals surface area (Å²) in [6.07, 6.45) is 8.30. The Balaban J connectivity index is 1.79. The van der Waals surface area contributed by atoms with E-state index < -0.39 is 0 Å². The maximum Gasteiger partial charge on any atom is 0.261 e. The molecule has 0 saturated carbocycles. The Morgan fingerprint density at radius 3 is 2.94 bits per heavy atom. The van der Waals surface area contributed by atoms with Crippen molar-refractivity contribution in [3.63, 3.8) is 0 Å². The number of hydrogen-bond acceptors (Lipinski definition) is 3. The second kappa shape index (κ2) is 6.05. The van der Waals surface area contributed by atoms with Crippen LogP contribution in [0, 0.1) is 6.92 Å². The quantitative estimate of drug-likeness (QED) is 0.820. The van der Waals surface area contributed by atoms with Gasteiger partial charge in [-0.1, -0.05) is 11.6 Å².